The molecule has 0 saturated carbocycles. The monoisotopic (exact) mass is 446 g/mol. The van der Waals surface area contributed by atoms with E-state index in [1.54, 1.807) is 0 Å². The summed E-state index contributed by atoms with van der Waals surface area (Å²) in [4.78, 5) is 23.5. The maximum Gasteiger partial charge on any atom is 0.220 e. The third-order valence-electron chi connectivity index (χ3n) is 5.34. The Bertz CT molecular complexity index is 953. The zero-order valence-corrected chi connectivity index (χ0v) is 19.2. The average Bonchev–Trinajstić information content (AvgIpc) is 2.82. The molecule has 3 aromatic carbocycles. The number of hydrogen-bond acceptors (Lipinski definition) is 3. The van der Waals surface area contributed by atoms with Crippen molar-refractivity contribution in [3.05, 3.63) is 103 Å². The molecule has 0 saturated heterocycles. The highest BCUT2D eigenvalue weighted by Gasteiger charge is 2.44. The van der Waals surface area contributed by atoms with Gasteiger partial charge < -0.3 is 10.4 Å². The number of benzene rings is 3. The molecule has 0 radical (unpaired) electrons. The van der Waals surface area contributed by atoms with E-state index in [9.17, 15) is 14.7 Å². The van der Waals surface area contributed by atoms with Gasteiger partial charge in [-0.3, -0.25) is 9.59 Å². The first-order valence-corrected chi connectivity index (χ1v) is 12.7. The van der Waals surface area contributed by atoms with Crippen LogP contribution < -0.4 is 21.2 Å². The lowest BCUT2D eigenvalue weighted by atomic mass is 10.2. The van der Waals surface area contributed by atoms with Gasteiger partial charge in [0, 0.05) is 18.9 Å². The van der Waals surface area contributed by atoms with Gasteiger partial charge in [-0.2, -0.15) is 0 Å². The zero-order valence-electron chi connectivity index (χ0n) is 18.3. The second-order valence-electron chi connectivity index (χ2n) is 7.64. The van der Waals surface area contributed by atoms with Gasteiger partial charge in [0.25, 0.3) is 0 Å². The van der Waals surface area contributed by atoms with Crippen molar-refractivity contribution in [3.63, 3.8) is 0 Å². The van der Waals surface area contributed by atoms with Gasteiger partial charge >= 0.3 is 0 Å². The van der Waals surface area contributed by atoms with Gasteiger partial charge in [0.15, 0.2) is 5.78 Å². The number of nitrogens with one attached hydrogen (secondary N) is 1. The summed E-state index contributed by atoms with van der Waals surface area (Å²) >= 11 is 0. The Hall–Kier alpha value is -3.23. The largest absolute Gasteiger partial charge is 0.512 e. The number of allylic oxidation sites excluding steroid dienone is 2. The number of aliphatic hydroxyl groups excluding tert-OH is 1. The molecule has 4 nitrogen and oxygen atoms in total. The molecule has 1 amide bonds. The number of aliphatic hydroxyl groups is 1. The minimum atomic E-state index is -1.99. The molecule has 0 aliphatic heterocycles. The fourth-order valence-corrected chi connectivity index (χ4v) is 8.04. The van der Waals surface area contributed by atoms with E-state index in [0.29, 0.717) is 6.54 Å². The number of hydrogen-bond donors (Lipinski definition) is 2. The predicted octanol–water partition coefficient (Wildman–Crippen LogP) is 3.91. The molecule has 0 aromatic heterocycles. The Morgan fingerprint density at radius 2 is 1.22 bits per heavy atom. The topological polar surface area (TPSA) is 66.4 Å². The van der Waals surface area contributed by atoms with Crippen molar-refractivity contribution in [1.29, 1.82) is 0 Å². The van der Waals surface area contributed by atoms with Gasteiger partial charge in [-0.25, -0.2) is 0 Å². The van der Waals surface area contributed by atoms with E-state index in [2.05, 4.69) is 78.1 Å². The van der Waals surface area contributed by atoms with Gasteiger partial charge in [0.1, 0.15) is 23.2 Å². The van der Waals surface area contributed by atoms with Crippen molar-refractivity contribution in [2.45, 2.75) is 19.8 Å². The summed E-state index contributed by atoms with van der Waals surface area (Å²) in [5.41, 5.74) is 0. The Morgan fingerprint density at radius 1 is 0.781 bits per heavy atom. The molecule has 0 spiro atoms. The first kappa shape index (κ1) is 23.4. The quantitative estimate of drug-likeness (QED) is 0.282. The fourth-order valence-electron chi connectivity index (χ4n) is 3.88. The van der Waals surface area contributed by atoms with Gasteiger partial charge in [0.05, 0.1) is 18.5 Å². The Balaban J connectivity index is 1.86. The maximum atomic E-state index is 12.4. The molecule has 0 atom stereocenters. The molecule has 3 rings (SSSR count). The van der Waals surface area contributed by atoms with Crippen LogP contribution in [0, 0.1) is 0 Å². The van der Waals surface area contributed by atoms with E-state index >= 15 is 0 Å². The summed E-state index contributed by atoms with van der Waals surface area (Å²) in [6.07, 6.45) is 2.24. The molecular formula is C27H29NO3P+. The molecular weight excluding hydrogens is 417 g/mol. The summed E-state index contributed by atoms with van der Waals surface area (Å²) < 4.78 is 0. The molecule has 3 aromatic rings. The maximum absolute atomic E-state index is 12.4. The third kappa shape index (κ3) is 5.93. The van der Waals surface area contributed by atoms with Gasteiger partial charge in [-0.05, 0) is 43.3 Å². The smallest absolute Gasteiger partial charge is 0.220 e. The minimum Gasteiger partial charge on any atom is -0.512 e. The van der Waals surface area contributed by atoms with Crippen LogP contribution in [-0.4, -0.2) is 29.5 Å². The summed E-state index contributed by atoms with van der Waals surface area (Å²) in [5.74, 6) is -0.431. The van der Waals surface area contributed by atoms with Crippen LogP contribution in [0.3, 0.4) is 0 Å². The van der Waals surface area contributed by atoms with Crippen LogP contribution in [0.5, 0.6) is 0 Å². The van der Waals surface area contributed by atoms with Crippen molar-refractivity contribution in [2.24, 2.45) is 0 Å². The molecule has 164 valence electrons. The van der Waals surface area contributed by atoms with Crippen molar-refractivity contribution < 1.29 is 14.7 Å². The number of carbonyl (C=O) groups excluding carboxylic acids is 2. The highest BCUT2D eigenvalue weighted by Crippen LogP contribution is 2.54. The van der Waals surface area contributed by atoms with Crippen molar-refractivity contribution in [1.82, 2.24) is 5.32 Å². The lowest BCUT2D eigenvalue weighted by Crippen LogP contribution is -2.37. The molecule has 5 heteroatoms. The average molecular weight is 447 g/mol. The predicted molar refractivity (Wildman–Crippen MR) is 134 cm³/mol. The lowest BCUT2D eigenvalue weighted by Gasteiger charge is -2.27. The molecule has 0 aliphatic rings. The van der Waals surface area contributed by atoms with Crippen LogP contribution in [-0.2, 0) is 9.59 Å². The van der Waals surface area contributed by atoms with Crippen LogP contribution in [0.2, 0.25) is 0 Å². The summed E-state index contributed by atoms with van der Waals surface area (Å²) in [5, 5.41) is 16.6. The molecule has 0 heterocycles. The first-order chi connectivity index (χ1) is 15.5. The Morgan fingerprint density at radius 3 is 1.62 bits per heavy atom. The third-order valence-corrected chi connectivity index (χ3v) is 9.77. The first-order valence-electron chi connectivity index (χ1n) is 10.7. The van der Waals surface area contributed by atoms with Crippen LogP contribution >= 0.6 is 7.26 Å². The van der Waals surface area contributed by atoms with Gasteiger partial charge in [-0.15, -0.1) is 0 Å². The number of ketones is 1. The number of amides is 1. The SMILES string of the molecule is CC(=O)C=C(O)CCC(=O)NCC[P+](c1ccccc1)(c1ccccc1)c1ccccc1. The molecule has 2 N–H and O–H groups in total. The van der Waals surface area contributed by atoms with E-state index in [1.807, 2.05) is 18.2 Å². The van der Waals surface area contributed by atoms with E-state index in [1.165, 1.54) is 22.8 Å². The van der Waals surface area contributed by atoms with E-state index in [-0.39, 0.29) is 30.3 Å². The normalized spacial score (nSPS) is 11.7. The van der Waals surface area contributed by atoms with Crippen LogP contribution in [0.4, 0.5) is 0 Å². The molecule has 0 fully saturated rings. The van der Waals surface area contributed by atoms with E-state index in [4.69, 9.17) is 0 Å². The number of rotatable bonds is 10. The van der Waals surface area contributed by atoms with Gasteiger partial charge in [0.2, 0.25) is 5.91 Å². The van der Waals surface area contributed by atoms with Crippen molar-refractivity contribution in [3.8, 4) is 0 Å². The van der Waals surface area contributed by atoms with Crippen LogP contribution in [0.1, 0.15) is 19.8 Å². The van der Waals surface area contributed by atoms with Crippen molar-refractivity contribution >= 4 is 34.9 Å². The standard InChI is InChI=1S/C27H28NO3P/c1-22(29)21-23(30)17-18-27(31)28-19-20-32(24-11-5-2-6-12-24,25-13-7-3-8-14-25)26-15-9-4-10-16-26/h2-16,21H,17-20H2,1H3,(H-,28,29,30,31)/p+1. The molecule has 0 aliphatic carbocycles. The van der Waals surface area contributed by atoms with Crippen LogP contribution in [0.25, 0.3) is 0 Å². The molecule has 0 unspecified atom stereocenters. The fraction of sp³-hybridized carbons (Fsp3) is 0.185. The van der Waals surface area contributed by atoms with E-state index in [0.717, 1.165) is 12.2 Å². The summed E-state index contributed by atoms with van der Waals surface area (Å²) in [6.45, 7) is 1.89. The Kier molecular flexibility index (Phi) is 8.35. The highest BCUT2D eigenvalue weighted by atomic mass is 31.2. The van der Waals surface area contributed by atoms with Gasteiger partial charge in [-0.1, -0.05) is 54.6 Å². The molecule has 0 bridgehead atoms. The highest BCUT2D eigenvalue weighted by molar-refractivity contribution is 7.95. The summed E-state index contributed by atoms with van der Waals surface area (Å²) in [6, 6.07) is 31.6. The Labute approximate surface area is 190 Å². The van der Waals surface area contributed by atoms with Crippen molar-refractivity contribution in [2.75, 3.05) is 12.7 Å². The second kappa shape index (κ2) is 11.4. The minimum absolute atomic E-state index is 0.0626. The summed E-state index contributed by atoms with van der Waals surface area (Å²) in [7, 11) is -1.99. The van der Waals surface area contributed by atoms with E-state index < -0.39 is 7.26 Å². The second-order valence-corrected chi connectivity index (χ2v) is 11.3. The zero-order chi connectivity index (χ0) is 22.8. The lowest BCUT2D eigenvalue weighted by molar-refractivity contribution is -0.121. The van der Waals surface area contributed by atoms with Crippen LogP contribution in [0.15, 0.2) is 103 Å². The number of carbonyl (C=O) groups is 2. The molecule has 32 heavy (non-hydrogen) atoms.